The van der Waals surface area contributed by atoms with Gasteiger partial charge in [-0.3, -0.25) is 4.79 Å². The molecule has 1 aliphatic heterocycles. The first-order valence-corrected chi connectivity index (χ1v) is 8.24. The molecule has 1 unspecified atom stereocenters. The molecule has 0 radical (unpaired) electrons. The van der Waals surface area contributed by atoms with Crippen LogP contribution in [-0.4, -0.2) is 62.3 Å². The fraction of sp³-hybridized carbons (Fsp3) is 0.556. The lowest BCUT2D eigenvalue weighted by molar-refractivity contribution is -0.150. The van der Waals surface area contributed by atoms with Gasteiger partial charge in [-0.2, -0.15) is 0 Å². The highest BCUT2D eigenvalue weighted by atomic mass is 16.5. The van der Waals surface area contributed by atoms with Crippen LogP contribution in [0.25, 0.3) is 0 Å². The average molecular weight is 332 g/mol. The maximum absolute atomic E-state index is 12.8. The minimum Gasteiger partial charge on any atom is -0.467 e. The molecule has 1 spiro atoms. The number of anilines is 1. The second-order valence-corrected chi connectivity index (χ2v) is 6.53. The highest BCUT2D eigenvalue weighted by molar-refractivity contribution is 5.92. The number of rotatable bonds is 5. The molecule has 3 rings (SSSR count). The van der Waals surface area contributed by atoms with Crippen LogP contribution in [0.2, 0.25) is 0 Å². The molecule has 1 aromatic carbocycles. The first-order chi connectivity index (χ1) is 11.5. The van der Waals surface area contributed by atoms with E-state index in [-0.39, 0.29) is 18.4 Å². The topological polar surface area (TPSA) is 59.1 Å². The molecule has 1 heterocycles. The summed E-state index contributed by atoms with van der Waals surface area (Å²) in [6, 6.07) is 7.42. The van der Waals surface area contributed by atoms with E-state index in [1.54, 1.807) is 7.11 Å². The van der Waals surface area contributed by atoms with Gasteiger partial charge >= 0.3 is 5.97 Å². The molecule has 1 saturated heterocycles. The molecular formula is C18H24N2O4. The van der Waals surface area contributed by atoms with Crippen molar-refractivity contribution in [3.05, 3.63) is 29.8 Å². The number of ether oxygens (including phenoxy) is 2. The number of amides is 1. The molecule has 0 aromatic heterocycles. The van der Waals surface area contributed by atoms with Crippen molar-refractivity contribution in [1.29, 1.82) is 0 Å². The number of nitrogens with zero attached hydrogens (tertiary/aromatic N) is 2. The second-order valence-electron chi connectivity index (χ2n) is 6.53. The maximum atomic E-state index is 12.8. The lowest BCUT2D eigenvalue weighted by Crippen LogP contribution is -2.67. The summed E-state index contributed by atoms with van der Waals surface area (Å²) in [5.41, 5.74) is 1.51. The van der Waals surface area contributed by atoms with E-state index >= 15 is 0 Å². The van der Waals surface area contributed by atoms with Gasteiger partial charge in [-0.05, 0) is 37.5 Å². The van der Waals surface area contributed by atoms with E-state index in [1.165, 1.54) is 7.11 Å². The molecule has 6 heteroatoms. The van der Waals surface area contributed by atoms with E-state index in [0.717, 1.165) is 24.1 Å². The Labute approximate surface area is 142 Å². The fourth-order valence-electron chi connectivity index (χ4n) is 3.71. The van der Waals surface area contributed by atoms with Crippen LogP contribution in [0.1, 0.15) is 18.4 Å². The van der Waals surface area contributed by atoms with E-state index in [0.29, 0.717) is 13.2 Å². The minimum absolute atomic E-state index is 0.0335. The predicted octanol–water partition coefficient (Wildman–Crippen LogP) is 1.36. The Morgan fingerprint density at radius 2 is 2.08 bits per heavy atom. The Hall–Kier alpha value is -2.08. The first-order valence-electron chi connectivity index (χ1n) is 8.24. The van der Waals surface area contributed by atoms with Crippen molar-refractivity contribution in [3.8, 4) is 0 Å². The van der Waals surface area contributed by atoms with Crippen molar-refractivity contribution < 1.29 is 19.1 Å². The summed E-state index contributed by atoms with van der Waals surface area (Å²) >= 11 is 0. The number of piperazine rings is 1. The summed E-state index contributed by atoms with van der Waals surface area (Å²) in [5.74, 6) is -0.255. The molecule has 1 aromatic rings. The van der Waals surface area contributed by atoms with E-state index in [2.05, 4.69) is 0 Å². The van der Waals surface area contributed by atoms with Crippen molar-refractivity contribution >= 4 is 17.6 Å². The molecule has 1 atom stereocenters. The number of aryl methyl sites for hydroxylation is 1. The van der Waals surface area contributed by atoms with Crippen LogP contribution in [0.5, 0.6) is 0 Å². The highest BCUT2D eigenvalue weighted by Gasteiger charge is 2.63. The fourth-order valence-corrected chi connectivity index (χ4v) is 3.71. The zero-order valence-corrected chi connectivity index (χ0v) is 14.4. The number of carbonyl (C=O) groups is 2. The van der Waals surface area contributed by atoms with Crippen molar-refractivity contribution in [3.63, 3.8) is 0 Å². The van der Waals surface area contributed by atoms with E-state index in [9.17, 15) is 9.59 Å². The monoisotopic (exact) mass is 332 g/mol. The van der Waals surface area contributed by atoms with Gasteiger partial charge in [0.15, 0.2) is 6.04 Å². The Kier molecular flexibility index (Phi) is 4.49. The zero-order valence-electron chi connectivity index (χ0n) is 14.4. The molecule has 1 aliphatic carbocycles. The first kappa shape index (κ1) is 16.8. The van der Waals surface area contributed by atoms with Gasteiger partial charge < -0.3 is 19.3 Å². The summed E-state index contributed by atoms with van der Waals surface area (Å²) < 4.78 is 10.2. The average Bonchev–Trinajstić information content (AvgIpc) is 3.34. The number of carbonyl (C=O) groups excluding carboxylic acids is 2. The molecule has 1 saturated carbocycles. The standard InChI is InChI=1S/C18H24N2O4/c1-13-5-4-6-14(11-13)19-12-15(21)20(9-10-23-2)18(7-8-18)16(19)17(22)24-3/h4-6,11,16H,7-10,12H2,1-3H3. The smallest absolute Gasteiger partial charge is 0.330 e. The van der Waals surface area contributed by atoms with Crippen molar-refractivity contribution in [1.82, 2.24) is 4.90 Å². The summed E-state index contributed by atoms with van der Waals surface area (Å²) in [7, 11) is 3.02. The summed E-state index contributed by atoms with van der Waals surface area (Å²) in [4.78, 5) is 29.1. The zero-order chi connectivity index (χ0) is 17.3. The van der Waals surface area contributed by atoms with Crippen molar-refractivity contribution in [2.24, 2.45) is 0 Å². The predicted molar refractivity (Wildman–Crippen MR) is 89.9 cm³/mol. The van der Waals surface area contributed by atoms with Crippen LogP contribution < -0.4 is 4.90 Å². The third-order valence-corrected chi connectivity index (χ3v) is 5.00. The number of hydrogen-bond donors (Lipinski definition) is 0. The third-order valence-electron chi connectivity index (χ3n) is 5.00. The Morgan fingerprint density at radius 1 is 1.33 bits per heavy atom. The number of esters is 1. The van der Waals surface area contributed by atoms with Crippen molar-refractivity contribution in [2.75, 3.05) is 38.8 Å². The van der Waals surface area contributed by atoms with Crippen LogP contribution in [0, 0.1) is 6.92 Å². The SMILES string of the molecule is COCCN1C(=O)CN(c2cccc(C)c2)C(C(=O)OC)C12CC2. The van der Waals surface area contributed by atoms with E-state index < -0.39 is 11.6 Å². The minimum atomic E-state index is -0.473. The van der Waals surface area contributed by atoms with Crippen LogP contribution in [-0.2, 0) is 19.1 Å². The van der Waals surface area contributed by atoms with Gasteiger partial charge in [0, 0.05) is 19.3 Å². The number of methoxy groups -OCH3 is 2. The molecule has 130 valence electrons. The molecule has 2 aliphatic rings. The number of benzene rings is 1. The van der Waals surface area contributed by atoms with Crippen LogP contribution in [0.4, 0.5) is 5.69 Å². The largest absolute Gasteiger partial charge is 0.467 e. The maximum Gasteiger partial charge on any atom is 0.330 e. The van der Waals surface area contributed by atoms with Crippen LogP contribution in [0.15, 0.2) is 24.3 Å². The van der Waals surface area contributed by atoms with E-state index in [4.69, 9.17) is 9.47 Å². The van der Waals surface area contributed by atoms with Crippen molar-refractivity contribution in [2.45, 2.75) is 31.3 Å². The van der Waals surface area contributed by atoms with Crippen LogP contribution >= 0.6 is 0 Å². The summed E-state index contributed by atoms with van der Waals surface area (Å²) in [5, 5.41) is 0. The molecule has 1 amide bonds. The van der Waals surface area contributed by atoms with Gasteiger partial charge in [-0.1, -0.05) is 12.1 Å². The third kappa shape index (κ3) is 2.75. The van der Waals surface area contributed by atoms with Gasteiger partial charge in [0.25, 0.3) is 0 Å². The molecule has 24 heavy (non-hydrogen) atoms. The number of hydrogen-bond acceptors (Lipinski definition) is 5. The summed E-state index contributed by atoms with van der Waals surface area (Å²) in [6.07, 6.45) is 1.62. The van der Waals surface area contributed by atoms with Gasteiger partial charge in [-0.15, -0.1) is 0 Å². The lowest BCUT2D eigenvalue weighted by Gasteiger charge is -2.47. The Morgan fingerprint density at radius 3 is 2.67 bits per heavy atom. The molecule has 2 fully saturated rings. The Bertz CT molecular complexity index is 642. The van der Waals surface area contributed by atoms with Crippen LogP contribution in [0.3, 0.4) is 0 Å². The van der Waals surface area contributed by atoms with Gasteiger partial charge in [0.1, 0.15) is 0 Å². The summed E-state index contributed by atoms with van der Waals surface area (Å²) in [6.45, 7) is 3.14. The van der Waals surface area contributed by atoms with E-state index in [1.807, 2.05) is 41.0 Å². The van der Waals surface area contributed by atoms with Gasteiger partial charge in [-0.25, -0.2) is 4.79 Å². The quantitative estimate of drug-likeness (QED) is 0.762. The molecule has 6 nitrogen and oxygen atoms in total. The highest BCUT2D eigenvalue weighted by Crippen LogP contribution is 2.50. The molecule has 0 N–H and O–H groups in total. The molecule has 0 bridgehead atoms. The molecular weight excluding hydrogens is 308 g/mol. The second kappa shape index (κ2) is 6.43. The lowest BCUT2D eigenvalue weighted by atomic mass is 9.96. The Balaban J connectivity index is 1.98. The normalized spacial score (nSPS) is 22.0. The van der Waals surface area contributed by atoms with Gasteiger partial charge in [0.2, 0.25) is 5.91 Å². The van der Waals surface area contributed by atoms with Gasteiger partial charge in [0.05, 0.1) is 25.8 Å².